The van der Waals surface area contributed by atoms with Crippen LogP contribution in [0.4, 0.5) is 8.78 Å². The van der Waals surface area contributed by atoms with Crippen LogP contribution in [0.5, 0.6) is 0 Å². The van der Waals surface area contributed by atoms with Crippen LogP contribution in [0.25, 0.3) is 11.1 Å². The summed E-state index contributed by atoms with van der Waals surface area (Å²) in [4.78, 5) is 21.1. The Balaban J connectivity index is 1.45. The van der Waals surface area contributed by atoms with Gasteiger partial charge in [0.15, 0.2) is 0 Å². The van der Waals surface area contributed by atoms with Crippen molar-refractivity contribution in [1.29, 1.82) is 0 Å². The average molecular weight is 360 g/mol. The van der Waals surface area contributed by atoms with Crippen molar-refractivity contribution in [1.82, 2.24) is 20.2 Å². The van der Waals surface area contributed by atoms with E-state index in [2.05, 4.69) is 27.2 Å². The SMILES string of the molecule is CN1[C@@H]2CCC[C@H]1CC(NC(=O)c1cc(-c3ccc(F)nc3F)c[nH]1)C2. The summed E-state index contributed by atoms with van der Waals surface area (Å²) in [6.07, 6.45) is 7.09. The molecule has 2 saturated heterocycles. The van der Waals surface area contributed by atoms with Gasteiger partial charge in [-0.2, -0.15) is 13.8 Å². The van der Waals surface area contributed by atoms with Gasteiger partial charge in [-0.25, -0.2) is 0 Å². The Kier molecular flexibility index (Phi) is 4.48. The molecule has 3 atom stereocenters. The zero-order chi connectivity index (χ0) is 18.3. The Hall–Kier alpha value is -2.28. The molecule has 1 amide bonds. The molecule has 0 aromatic carbocycles. The number of fused-ring (bicyclic) bond motifs is 2. The van der Waals surface area contributed by atoms with Crippen LogP contribution >= 0.6 is 0 Å². The van der Waals surface area contributed by atoms with E-state index in [0.717, 1.165) is 18.9 Å². The lowest BCUT2D eigenvalue weighted by atomic mass is 9.82. The average Bonchev–Trinajstić information content (AvgIpc) is 3.05. The number of hydrogen-bond donors (Lipinski definition) is 2. The van der Waals surface area contributed by atoms with Crippen molar-refractivity contribution in [2.24, 2.45) is 0 Å². The number of nitrogens with one attached hydrogen (secondary N) is 2. The van der Waals surface area contributed by atoms with E-state index in [9.17, 15) is 13.6 Å². The van der Waals surface area contributed by atoms with Gasteiger partial charge in [0, 0.05) is 35.4 Å². The third-order valence-electron chi connectivity index (χ3n) is 5.73. The van der Waals surface area contributed by atoms with E-state index < -0.39 is 11.9 Å². The van der Waals surface area contributed by atoms with Crippen LogP contribution in [-0.2, 0) is 0 Å². The van der Waals surface area contributed by atoms with E-state index in [0.29, 0.717) is 23.3 Å². The maximum Gasteiger partial charge on any atom is 0.267 e. The van der Waals surface area contributed by atoms with Gasteiger partial charge < -0.3 is 15.2 Å². The van der Waals surface area contributed by atoms with Crippen molar-refractivity contribution < 1.29 is 13.6 Å². The second kappa shape index (κ2) is 6.79. The minimum absolute atomic E-state index is 0.157. The van der Waals surface area contributed by atoms with Gasteiger partial charge in [0.2, 0.25) is 11.9 Å². The fraction of sp³-hybridized carbons (Fsp3) is 0.474. The second-order valence-corrected chi connectivity index (χ2v) is 7.32. The van der Waals surface area contributed by atoms with Crippen LogP contribution in [-0.4, -0.2) is 45.9 Å². The molecule has 2 aliphatic heterocycles. The van der Waals surface area contributed by atoms with Gasteiger partial charge in [0.25, 0.3) is 5.91 Å². The number of carbonyl (C=O) groups is 1. The van der Waals surface area contributed by atoms with Crippen molar-refractivity contribution in [3.63, 3.8) is 0 Å². The third kappa shape index (κ3) is 3.23. The molecule has 7 heteroatoms. The topological polar surface area (TPSA) is 61.0 Å². The van der Waals surface area contributed by atoms with Crippen molar-refractivity contribution in [3.8, 4) is 11.1 Å². The first kappa shape index (κ1) is 17.1. The highest BCUT2D eigenvalue weighted by Gasteiger charge is 2.36. The first-order valence-electron chi connectivity index (χ1n) is 9.05. The summed E-state index contributed by atoms with van der Waals surface area (Å²) < 4.78 is 26.8. The van der Waals surface area contributed by atoms with Gasteiger partial charge in [-0.1, -0.05) is 6.42 Å². The Morgan fingerprint density at radius 1 is 1.27 bits per heavy atom. The summed E-state index contributed by atoms with van der Waals surface area (Å²) in [6, 6.07) is 5.22. The summed E-state index contributed by atoms with van der Waals surface area (Å²) in [5, 5.41) is 3.11. The Labute approximate surface area is 150 Å². The van der Waals surface area contributed by atoms with E-state index in [1.807, 2.05) is 0 Å². The quantitative estimate of drug-likeness (QED) is 0.827. The van der Waals surface area contributed by atoms with E-state index in [-0.39, 0.29) is 17.5 Å². The van der Waals surface area contributed by atoms with Gasteiger partial charge in [0.05, 0.1) is 0 Å². The highest BCUT2D eigenvalue weighted by molar-refractivity contribution is 5.94. The number of piperidine rings is 2. The molecule has 26 heavy (non-hydrogen) atoms. The van der Waals surface area contributed by atoms with Gasteiger partial charge in [0.1, 0.15) is 5.69 Å². The molecule has 4 heterocycles. The molecule has 4 rings (SSSR count). The van der Waals surface area contributed by atoms with Crippen LogP contribution in [0.3, 0.4) is 0 Å². The van der Waals surface area contributed by atoms with Crippen molar-refractivity contribution in [3.05, 3.63) is 42.0 Å². The van der Waals surface area contributed by atoms with Gasteiger partial charge in [-0.3, -0.25) is 4.79 Å². The molecule has 1 unspecified atom stereocenters. The number of carbonyl (C=O) groups excluding carboxylic acids is 1. The van der Waals surface area contributed by atoms with Crippen LogP contribution in [0.1, 0.15) is 42.6 Å². The minimum atomic E-state index is -0.890. The number of pyridine rings is 1. The van der Waals surface area contributed by atoms with E-state index >= 15 is 0 Å². The first-order valence-corrected chi connectivity index (χ1v) is 9.05. The molecule has 2 aliphatic rings. The molecule has 2 N–H and O–H groups in total. The lowest BCUT2D eigenvalue weighted by Gasteiger charge is -2.47. The molecule has 0 radical (unpaired) electrons. The summed E-state index contributed by atoms with van der Waals surface area (Å²) in [5.74, 6) is -1.95. The van der Waals surface area contributed by atoms with Gasteiger partial charge >= 0.3 is 0 Å². The molecule has 2 fully saturated rings. The normalized spacial score (nSPS) is 25.9. The number of rotatable bonds is 3. The molecule has 0 aliphatic carbocycles. The molecule has 2 aromatic rings. The van der Waals surface area contributed by atoms with E-state index in [4.69, 9.17) is 0 Å². The van der Waals surface area contributed by atoms with Crippen LogP contribution < -0.4 is 5.32 Å². The number of nitrogens with zero attached hydrogens (tertiary/aromatic N) is 2. The Morgan fingerprint density at radius 2 is 2.00 bits per heavy atom. The summed E-state index contributed by atoms with van der Waals surface area (Å²) in [7, 11) is 2.18. The number of aromatic nitrogens is 2. The van der Waals surface area contributed by atoms with Gasteiger partial charge in [-0.15, -0.1) is 0 Å². The molecular formula is C19H22F2N4O. The highest BCUT2D eigenvalue weighted by atomic mass is 19.1. The third-order valence-corrected chi connectivity index (χ3v) is 5.73. The maximum absolute atomic E-state index is 13.8. The van der Waals surface area contributed by atoms with E-state index in [1.54, 1.807) is 6.07 Å². The number of halogens is 2. The second-order valence-electron chi connectivity index (χ2n) is 7.32. The fourth-order valence-electron chi connectivity index (χ4n) is 4.31. The largest absolute Gasteiger partial charge is 0.357 e. The molecule has 138 valence electrons. The molecule has 0 spiro atoms. The van der Waals surface area contributed by atoms with Crippen LogP contribution in [0.2, 0.25) is 0 Å². The number of amides is 1. The summed E-state index contributed by atoms with van der Waals surface area (Å²) in [6.45, 7) is 0. The standard InChI is InChI=1S/C19H22F2N4O/c1-25-13-3-2-4-14(25)9-12(8-13)23-19(26)16-7-11(10-22-16)15-5-6-17(20)24-18(15)21/h5-7,10,12-14,22H,2-4,8-9H2,1H3,(H,23,26)/t12?,13-,14+. The summed E-state index contributed by atoms with van der Waals surface area (Å²) >= 11 is 0. The Morgan fingerprint density at radius 3 is 2.69 bits per heavy atom. The van der Waals surface area contributed by atoms with Crippen LogP contribution in [0, 0.1) is 11.9 Å². The first-order chi connectivity index (χ1) is 12.5. The maximum atomic E-state index is 13.8. The monoisotopic (exact) mass is 360 g/mol. The zero-order valence-electron chi connectivity index (χ0n) is 14.6. The predicted molar refractivity (Wildman–Crippen MR) is 93.6 cm³/mol. The number of aromatic amines is 1. The molecular weight excluding hydrogens is 338 g/mol. The zero-order valence-corrected chi connectivity index (χ0v) is 14.6. The van der Waals surface area contributed by atoms with Gasteiger partial charge in [-0.05, 0) is 50.9 Å². The molecule has 2 bridgehead atoms. The van der Waals surface area contributed by atoms with Crippen molar-refractivity contribution >= 4 is 5.91 Å². The molecule has 5 nitrogen and oxygen atoms in total. The highest BCUT2D eigenvalue weighted by Crippen LogP contribution is 2.32. The lowest BCUT2D eigenvalue weighted by Crippen LogP contribution is -2.55. The van der Waals surface area contributed by atoms with Crippen LogP contribution in [0.15, 0.2) is 24.4 Å². The number of H-pyrrole nitrogens is 1. The van der Waals surface area contributed by atoms with Crippen molar-refractivity contribution in [2.45, 2.75) is 50.2 Å². The predicted octanol–water partition coefficient (Wildman–Crippen LogP) is 3.10. The smallest absolute Gasteiger partial charge is 0.267 e. The summed E-state index contributed by atoms with van der Waals surface area (Å²) in [5.41, 5.74) is 1.00. The van der Waals surface area contributed by atoms with E-state index in [1.165, 1.54) is 31.5 Å². The number of hydrogen-bond acceptors (Lipinski definition) is 3. The molecule has 0 saturated carbocycles. The Bertz CT molecular complexity index is 808. The lowest BCUT2D eigenvalue weighted by molar-refractivity contribution is 0.0462. The molecule has 2 aromatic heterocycles. The van der Waals surface area contributed by atoms with Crippen molar-refractivity contribution in [2.75, 3.05) is 7.05 Å². The minimum Gasteiger partial charge on any atom is -0.357 e. The fourth-order valence-corrected chi connectivity index (χ4v) is 4.31.